The normalized spacial score (nSPS) is 19.9. The Morgan fingerprint density at radius 3 is 2.48 bits per heavy atom. The van der Waals surface area contributed by atoms with Crippen LogP contribution in [0.2, 0.25) is 5.02 Å². The number of anilines is 2. The van der Waals surface area contributed by atoms with Crippen LogP contribution in [0.5, 0.6) is 0 Å². The van der Waals surface area contributed by atoms with Crippen LogP contribution >= 0.6 is 11.6 Å². The number of pyridine rings is 1. The maximum Gasteiger partial charge on any atom is 0.305 e. The zero-order valence-electron chi connectivity index (χ0n) is 27.0. The van der Waals surface area contributed by atoms with Gasteiger partial charge in [0.1, 0.15) is 5.82 Å². The molecule has 0 spiro atoms. The number of amides is 1. The summed E-state index contributed by atoms with van der Waals surface area (Å²) >= 11 is 6.98. The molecular formula is C31H43ClN8O5S. The van der Waals surface area contributed by atoms with E-state index in [0.717, 1.165) is 16.3 Å². The van der Waals surface area contributed by atoms with Gasteiger partial charge in [0.15, 0.2) is 5.82 Å². The fourth-order valence-corrected chi connectivity index (χ4v) is 7.32. The first kappa shape index (κ1) is 34.0. The van der Waals surface area contributed by atoms with Crippen molar-refractivity contribution in [2.75, 3.05) is 69.2 Å². The van der Waals surface area contributed by atoms with Gasteiger partial charge in [0.25, 0.3) is 0 Å². The van der Waals surface area contributed by atoms with Crippen LogP contribution in [0.4, 0.5) is 11.6 Å². The quantitative estimate of drug-likeness (QED) is 0.286. The maximum atomic E-state index is 13.9. The monoisotopic (exact) mass is 674 g/mol. The lowest BCUT2D eigenvalue weighted by molar-refractivity contribution is -0.129. The van der Waals surface area contributed by atoms with Gasteiger partial charge >= 0.3 is 10.2 Å². The summed E-state index contributed by atoms with van der Waals surface area (Å²) < 4.78 is 41.8. The Labute approximate surface area is 275 Å². The Morgan fingerprint density at radius 1 is 1.20 bits per heavy atom. The van der Waals surface area contributed by atoms with Gasteiger partial charge in [-0.1, -0.05) is 48.9 Å². The molecule has 2 aliphatic rings. The lowest BCUT2D eigenvalue weighted by atomic mass is 9.94. The Balaban J connectivity index is 1.53. The highest BCUT2D eigenvalue weighted by Gasteiger charge is 2.37. The molecule has 2 fully saturated rings. The number of nitrogens with two attached hydrogens (primary N) is 1. The van der Waals surface area contributed by atoms with Crippen molar-refractivity contribution in [3.8, 4) is 11.5 Å². The number of halogens is 1. The summed E-state index contributed by atoms with van der Waals surface area (Å²) in [5.74, 6) is 1.81. The van der Waals surface area contributed by atoms with E-state index in [-0.39, 0.29) is 41.6 Å². The topological polar surface area (TPSA) is 151 Å². The van der Waals surface area contributed by atoms with Gasteiger partial charge in [-0.25, -0.2) is 9.29 Å². The zero-order chi connectivity index (χ0) is 33.2. The number of methoxy groups -OCH3 is 1. The minimum Gasteiger partial charge on any atom is -0.419 e. The summed E-state index contributed by atoms with van der Waals surface area (Å²) in [5, 5.41) is 8.64. The molecule has 5 rings (SSSR count). The minimum absolute atomic E-state index is 0.0222. The van der Waals surface area contributed by atoms with Crippen molar-refractivity contribution in [3.63, 3.8) is 0 Å². The summed E-state index contributed by atoms with van der Waals surface area (Å²) in [5.41, 5.74) is 7.04. The molecule has 2 unspecified atom stereocenters. The second-order valence-electron chi connectivity index (χ2n) is 12.5. The Bertz CT molecular complexity index is 1630. The Morgan fingerprint density at radius 2 is 1.87 bits per heavy atom. The van der Waals surface area contributed by atoms with E-state index in [0.29, 0.717) is 62.4 Å². The highest BCUT2D eigenvalue weighted by Crippen LogP contribution is 2.42. The second-order valence-corrected chi connectivity index (χ2v) is 14.8. The van der Waals surface area contributed by atoms with Gasteiger partial charge in [0, 0.05) is 60.3 Å². The van der Waals surface area contributed by atoms with Crippen molar-refractivity contribution >= 4 is 39.4 Å². The number of nitrogens with zero attached hydrogens (tertiary/aromatic N) is 7. The molecule has 1 saturated heterocycles. The van der Waals surface area contributed by atoms with E-state index in [1.807, 2.05) is 37.3 Å². The van der Waals surface area contributed by atoms with E-state index in [1.54, 1.807) is 18.1 Å². The summed E-state index contributed by atoms with van der Waals surface area (Å²) in [7, 11) is -1.01. The molecule has 13 nitrogen and oxygen atoms in total. The first-order chi connectivity index (χ1) is 21.8. The summed E-state index contributed by atoms with van der Waals surface area (Å²) in [6, 6.07) is 11.5. The molecule has 46 heavy (non-hydrogen) atoms. The summed E-state index contributed by atoms with van der Waals surface area (Å²) in [6.45, 7) is 8.09. The lowest BCUT2D eigenvalue weighted by Gasteiger charge is -2.36. The molecule has 1 aliphatic heterocycles. The van der Waals surface area contributed by atoms with Crippen molar-refractivity contribution in [1.82, 2.24) is 24.4 Å². The molecule has 1 saturated carbocycles. The zero-order valence-corrected chi connectivity index (χ0v) is 28.6. The van der Waals surface area contributed by atoms with Gasteiger partial charge < -0.3 is 24.7 Å². The van der Waals surface area contributed by atoms with E-state index >= 15 is 0 Å². The first-order valence-corrected chi connectivity index (χ1v) is 17.2. The van der Waals surface area contributed by atoms with Crippen LogP contribution < -0.4 is 14.9 Å². The summed E-state index contributed by atoms with van der Waals surface area (Å²) in [4.78, 5) is 20.4. The van der Waals surface area contributed by atoms with Crippen LogP contribution in [0.25, 0.3) is 11.5 Å². The molecule has 3 atom stereocenters. The van der Waals surface area contributed by atoms with E-state index in [1.165, 1.54) is 18.3 Å². The predicted octanol–water partition coefficient (Wildman–Crippen LogP) is 3.16. The molecule has 1 aromatic carbocycles. The number of aromatic nitrogens is 3. The number of hydrogen-bond donors (Lipinski definition) is 1. The maximum absolute atomic E-state index is 13.9. The van der Waals surface area contributed by atoms with Gasteiger partial charge in [-0.3, -0.25) is 4.79 Å². The van der Waals surface area contributed by atoms with Crippen LogP contribution in [0.3, 0.4) is 0 Å². The number of carbonyl (C=O) groups is 1. The van der Waals surface area contributed by atoms with Crippen LogP contribution in [-0.4, -0.2) is 98.7 Å². The third-order valence-electron chi connectivity index (χ3n) is 8.76. The van der Waals surface area contributed by atoms with Crippen LogP contribution in [0.15, 0.2) is 40.8 Å². The van der Waals surface area contributed by atoms with Gasteiger partial charge in [-0.05, 0) is 43.2 Å². The number of hydrogen-bond acceptors (Lipinski definition) is 10. The predicted molar refractivity (Wildman–Crippen MR) is 177 cm³/mol. The number of benzene rings is 1. The van der Waals surface area contributed by atoms with Gasteiger partial charge in [-0.2, -0.15) is 12.7 Å². The van der Waals surface area contributed by atoms with Gasteiger partial charge in [0.2, 0.25) is 17.7 Å². The second kappa shape index (κ2) is 13.8. The molecule has 3 heterocycles. The van der Waals surface area contributed by atoms with Gasteiger partial charge in [-0.15, -0.1) is 10.2 Å². The van der Waals surface area contributed by atoms with Crippen molar-refractivity contribution < 1.29 is 22.4 Å². The molecule has 0 bridgehead atoms. The van der Waals surface area contributed by atoms with Crippen molar-refractivity contribution in [1.29, 1.82) is 0 Å². The molecule has 1 aliphatic carbocycles. The Kier molecular flexibility index (Phi) is 10.2. The van der Waals surface area contributed by atoms with E-state index in [9.17, 15) is 13.2 Å². The SMILES string of the molecule is COCCN(CC1CC1C)c1cc(-c2nnc([C@](C)(N)Cc3ccccc3)o2)c(Cl)c(N(C)S(=O)(=O)N2CCN(C(C)=O)CC2)n1. The number of rotatable bonds is 13. The molecule has 0 radical (unpaired) electrons. The first-order valence-electron chi connectivity index (χ1n) is 15.4. The van der Waals surface area contributed by atoms with Crippen molar-refractivity contribution in [2.24, 2.45) is 17.6 Å². The van der Waals surface area contributed by atoms with Crippen LogP contribution in [-0.2, 0) is 31.7 Å². The number of carbonyl (C=O) groups excluding carboxylic acids is 1. The molecule has 2 aromatic heterocycles. The average molecular weight is 675 g/mol. The Hall–Kier alpha value is -3.30. The fraction of sp³-hybridized carbons (Fsp3) is 0.548. The molecule has 15 heteroatoms. The largest absolute Gasteiger partial charge is 0.419 e. The molecule has 2 N–H and O–H groups in total. The van der Waals surface area contributed by atoms with Crippen LogP contribution in [0, 0.1) is 11.8 Å². The van der Waals surface area contributed by atoms with E-state index in [4.69, 9.17) is 31.5 Å². The van der Waals surface area contributed by atoms with E-state index in [2.05, 4.69) is 22.0 Å². The number of ether oxygens (including phenoxy) is 1. The van der Waals surface area contributed by atoms with E-state index < -0.39 is 15.7 Å². The van der Waals surface area contributed by atoms with Crippen molar-refractivity contribution in [3.05, 3.63) is 52.9 Å². The smallest absolute Gasteiger partial charge is 0.305 e. The molecule has 1 amide bonds. The number of piperazine rings is 1. The summed E-state index contributed by atoms with van der Waals surface area (Å²) in [6.07, 6.45) is 1.55. The fourth-order valence-electron chi connectivity index (χ4n) is 5.64. The highest BCUT2D eigenvalue weighted by molar-refractivity contribution is 7.90. The highest BCUT2D eigenvalue weighted by atomic mass is 35.5. The molecular weight excluding hydrogens is 632 g/mol. The average Bonchev–Trinajstić information content (AvgIpc) is 3.49. The standard InChI is InChI=1S/C31H43ClN8O5S/c1-21-17-24(21)20-39(15-16-44-5)26-18-25(29-35-36-30(45-29)31(3,33)19-23-9-7-6-8-10-23)27(32)28(34-26)37(4)46(42,43)40-13-11-38(12-14-40)22(2)41/h6-10,18,21,24H,11-17,19-20,33H2,1-5H3/t21?,24?,31-/m1/s1. The molecule has 3 aromatic rings. The van der Waals surface area contributed by atoms with Crippen molar-refractivity contribution in [2.45, 2.75) is 39.2 Å². The third kappa shape index (κ3) is 7.46. The minimum atomic E-state index is -4.07. The van der Waals surface area contributed by atoms with Gasteiger partial charge in [0.05, 0.1) is 22.7 Å². The molecule has 250 valence electrons. The lowest BCUT2D eigenvalue weighted by Crippen LogP contribution is -2.53. The third-order valence-corrected chi connectivity index (χ3v) is 11.0. The van der Waals surface area contributed by atoms with Crippen LogP contribution in [0.1, 0.15) is 38.6 Å².